The zero-order valence-electron chi connectivity index (χ0n) is 19.1. The molecule has 0 amide bonds. The lowest BCUT2D eigenvalue weighted by Crippen LogP contribution is -2.21. The van der Waals surface area contributed by atoms with E-state index in [0.29, 0.717) is 44.9 Å². The molecule has 0 bridgehead atoms. The lowest BCUT2D eigenvalue weighted by atomic mass is 10.1. The topological polar surface area (TPSA) is 84.2 Å². The molecule has 4 aromatic rings. The first-order valence-electron chi connectivity index (χ1n) is 10.7. The van der Waals surface area contributed by atoms with E-state index in [1.54, 1.807) is 68.6 Å². The van der Waals surface area contributed by atoms with Gasteiger partial charge in [-0.2, -0.15) is 0 Å². The van der Waals surface area contributed by atoms with Gasteiger partial charge in [-0.1, -0.05) is 36.4 Å². The molecular weight excluding hydrogens is 436 g/mol. The molecule has 7 heteroatoms. The summed E-state index contributed by atoms with van der Waals surface area (Å²) < 4.78 is 27.3. The van der Waals surface area contributed by atoms with Crippen molar-refractivity contribution in [3.05, 3.63) is 88.8 Å². The van der Waals surface area contributed by atoms with E-state index in [0.717, 1.165) is 0 Å². The monoisotopic (exact) mass is 460 g/mol. The van der Waals surface area contributed by atoms with Crippen LogP contribution >= 0.6 is 0 Å². The Kier molecular flexibility index (Phi) is 6.82. The Morgan fingerprint density at radius 1 is 0.912 bits per heavy atom. The first-order valence-corrected chi connectivity index (χ1v) is 10.7. The highest BCUT2D eigenvalue weighted by Crippen LogP contribution is 2.33. The van der Waals surface area contributed by atoms with Crippen LogP contribution in [0.5, 0.6) is 17.2 Å². The number of hydrogen-bond donors (Lipinski definition) is 0. The molecule has 0 N–H and O–H groups in total. The maximum Gasteiger partial charge on any atom is 0.352 e. The molecular formula is C27H24O7. The molecule has 1 heterocycles. The van der Waals surface area contributed by atoms with Gasteiger partial charge in [-0.15, -0.1) is 0 Å². The standard InChI is InChI=1S/C27H24O7/c1-4-32-27(29)25(17-8-6-5-7-9-17)33-20-12-10-19-14-21(26(28)34-23(19)16-20)18-11-13-22(30-2)24(15-18)31-3/h5-16,25H,4H2,1-3H3. The molecule has 0 saturated heterocycles. The molecule has 1 aromatic heterocycles. The van der Waals surface area contributed by atoms with Gasteiger partial charge in [-0.3, -0.25) is 0 Å². The second kappa shape index (κ2) is 10.1. The van der Waals surface area contributed by atoms with E-state index in [1.165, 1.54) is 7.11 Å². The predicted octanol–water partition coefficient (Wildman–Crippen LogP) is 5.16. The van der Waals surface area contributed by atoms with Crippen molar-refractivity contribution in [3.8, 4) is 28.4 Å². The Hall–Kier alpha value is -4.26. The second-order valence-electron chi connectivity index (χ2n) is 7.38. The van der Waals surface area contributed by atoms with Gasteiger partial charge in [0.25, 0.3) is 0 Å². The molecule has 0 aliphatic heterocycles. The molecule has 1 atom stereocenters. The Morgan fingerprint density at radius 2 is 1.68 bits per heavy atom. The van der Waals surface area contributed by atoms with Gasteiger partial charge in [-0.25, -0.2) is 9.59 Å². The van der Waals surface area contributed by atoms with Crippen LogP contribution in [0.2, 0.25) is 0 Å². The molecule has 1 unspecified atom stereocenters. The number of benzene rings is 3. The van der Waals surface area contributed by atoms with Crippen molar-refractivity contribution in [2.75, 3.05) is 20.8 Å². The van der Waals surface area contributed by atoms with E-state index in [4.69, 9.17) is 23.4 Å². The maximum atomic E-state index is 12.8. The number of rotatable bonds is 8. The molecule has 0 fully saturated rings. The Labute approximate surface area is 196 Å². The normalized spacial score (nSPS) is 11.6. The van der Waals surface area contributed by atoms with Crippen LogP contribution in [0.25, 0.3) is 22.1 Å². The summed E-state index contributed by atoms with van der Waals surface area (Å²) in [5, 5.41) is 0.698. The lowest BCUT2D eigenvalue weighted by molar-refractivity contribution is -0.151. The number of methoxy groups -OCH3 is 2. The van der Waals surface area contributed by atoms with Gasteiger partial charge in [0, 0.05) is 17.0 Å². The summed E-state index contributed by atoms with van der Waals surface area (Å²) in [6.45, 7) is 1.97. The number of fused-ring (bicyclic) bond motifs is 1. The van der Waals surface area contributed by atoms with Crippen molar-refractivity contribution in [1.82, 2.24) is 0 Å². The van der Waals surface area contributed by atoms with Crippen molar-refractivity contribution >= 4 is 16.9 Å². The van der Waals surface area contributed by atoms with Crippen LogP contribution < -0.4 is 19.8 Å². The summed E-state index contributed by atoms with van der Waals surface area (Å²) in [7, 11) is 3.08. The van der Waals surface area contributed by atoms with Crippen LogP contribution in [0.3, 0.4) is 0 Å². The molecule has 0 spiro atoms. The van der Waals surface area contributed by atoms with E-state index in [1.807, 2.05) is 18.2 Å². The summed E-state index contributed by atoms with van der Waals surface area (Å²) in [4.78, 5) is 25.3. The van der Waals surface area contributed by atoms with Gasteiger partial charge in [0.2, 0.25) is 6.10 Å². The van der Waals surface area contributed by atoms with E-state index < -0.39 is 17.7 Å². The van der Waals surface area contributed by atoms with Gasteiger partial charge >= 0.3 is 11.6 Å². The van der Waals surface area contributed by atoms with E-state index in [2.05, 4.69) is 0 Å². The minimum atomic E-state index is -0.948. The molecule has 34 heavy (non-hydrogen) atoms. The van der Waals surface area contributed by atoms with Crippen molar-refractivity contribution in [2.45, 2.75) is 13.0 Å². The van der Waals surface area contributed by atoms with E-state index in [-0.39, 0.29) is 6.61 Å². The van der Waals surface area contributed by atoms with Crippen LogP contribution in [-0.2, 0) is 9.53 Å². The summed E-state index contributed by atoms with van der Waals surface area (Å²) in [6, 6.07) is 21.1. The zero-order valence-corrected chi connectivity index (χ0v) is 19.1. The largest absolute Gasteiger partial charge is 0.493 e. The third-order valence-electron chi connectivity index (χ3n) is 5.26. The summed E-state index contributed by atoms with van der Waals surface area (Å²) in [5.74, 6) is 0.942. The number of hydrogen-bond acceptors (Lipinski definition) is 7. The maximum absolute atomic E-state index is 12.8. The van der Waals surface area contributed by atoms with Crippen molar-refractivity contribution < 1.29 is 28.2 Å². The highest BCUT2D eigenvalue weighted by Gasteiger charge is 2.24. The van der Waals surface area contributed by atoms with E-state index in [9.17, 15) is 9.59 Å². The zero-order chi connectivity index (χ0) is 24.1. The molecule has 0 saturated carbocycles. The molecule has 0 aliphatic rings. The van der Waals surface area contributed by atoms with Gasteiger partial charge < -0.3 is 23.4 Å². The first kappa shape index (κ1) is 22.9. The van der Waals surface area contributed by atoms with Crippen molar-refractivity contribution in [3.63, 3.8) is 0 Å². The highest BCUT2D eigenvalue weighted by molar-refractivity contribution is 5.83. The Bertz CT molecular complexity index is 1360. The second-order valence-corrected chi connectivity index (χ2v) is 7.38. The fourth-order valence-corrected chi connectivity index (χ4v) is 3.60. The van der Waals surface area contributed by atoms with Gasteiger partial charge in [-0.05, 0) is 42.8 Å². The predicted molar refractivity (Wildman–Crippen MR) is 127 cm³/mol. The minimum Gasteiger partial charge on any atom is -0.493 e. The van der Waals surface area contributed by atoms with E-state index >= 15 is 0 Å². The average molecular weight is 460 g/mol. The average Bonchev–Trinajstić information content (AvgIpc) is 2.87. The quantitative estimate of drug-likeness (QED) is 0.265. The van der Waals surface area contributed by atoms with Crippen LogP contribution in [-0.4, -0.2) is 26.8 Å². The summed E-state index contributed by atoms with van der Waals surface area (Å²) in [6.07, 6.45) is -0.948. The van der Waals surface area contributed by atoms with Crippen molar-refractivity contribution in [1.29, 1.82) is 0 Å². The highest BCUT2D eigenvalue weighted by atomic mass is 16.6. The van der Waals surface area contributed by atoms with Crippen molar-refractivity contribution in [2.24, 2.45) is 0 Å². The van der Waals surface area contributed by atoms with Gasteiger partial charge in [0.15, 0.2) is 11.5 Å². The van der Waals surface area contributed by atoms with Gasteiger partial charge in [0.1, 0.15) is 11.3 Å². The first-order chi connectivity index (χ1) is 16.5. The van der Waals surface area contributed by atoms with Gasteiger partial charge in [0.05, 0.1) is 26.4 Å². The SMILES string of the molecule is CCOC(=O)C(Oc1ccc2cc(-c3ccc(OC)c(OC)c3)c(=O)oc2c1)c1ccccc1. The number of carbonyl (C=O) groups is 1. The smallest absolute Gasteiger partial charge is 0.352 e. The molecule has 174 valence electrons. The third kappa shape index (κ3) is 4.73. The van der Waals surface area contributed by atoms with Crippen LogP contribution in [0.15, 0.2) is 82.0 Å². The summed E-state index contributed by atoms with van der Waals surface area (Å²) in [5.41, 5.74) is 1.51. The minimum absolute atomic E-state index is 0.233. The fourth-order valence-electron chi connectivity index (χ4n) is 3.60. The summed E-state index contributed by atoms with van der Waals surface area (Å²) >= 11 is 0. The Morgan fingerprint density at radius 3 is 2.38 bits per heavy atom. The molecule has 0 radical (unpaired) electrons. The third-order valence-corrected chi connectivity index (χ3v) is 5.26. The molecule has 7 nitrogen and oxygen atoms in total. The molecule has 0 aliphatic carbocycles. The number of carbonyl (C=O) groups excluding carboxylic acids is 1. The lowest BCUT2D eigenvalue weighted by Gasteiger charge is -2.18. The number of ether oxygens (including phenoxy) is 4. The van der Waals surface area contributed by atoms with Crippen LogP contribution in [0.1, 0.15) is 18.6 Å². The number of esters is 1. The molecule has 4 rings (SSSR count). The fraction of sp³-hybridized carbons (Fsp3) is 0.185. The Balaban J connectivity index is 1.68. The molecule has 3 aromatic carbocycles. The van der Waals surface area contributed by atoms with Crippen LogP contribution in [0.4, 0.5) is 0 Å². The van der Waals surface area contributed by atoms with Crippen LogP contribution in [0, 0.1) is 0 Å².